The molecule has 0 radical (unpaired) electrons. The van der Waals surface area contributed by atoms with E-state index in [4.69, 9.17) is 9.47 Å². The fourth-order valence-electron chi connectivity index (χ4n) is 1.80. The largest absolute Gasteiger partial charge is 0.497 e. The minimum atomic E-state index is -0.743. The summed E-state index contributed by atoms with van der Waals surface area (Å²) in [6, 6.07) is 16.5. The number of hydrazine groups is 1. The van der Waals surface area contributed by atoms with Gasteiger partial charge in [0, 0.05) is 6.08 Å². The fraction of sp³-hybridized carbons (Fsp3) is 0.111. The van der Waals surface area contributed by atoms with Gasteiger partial charge >= 0.3 is 6.09 Å². The lowest BCUT2D eigenvalue weighted by molar-refractivity contribution is -0.117. The molecule has 2 rings (SSSR count). The van der Waals surface area contributed by atoms with Gasteiger partial charge in [0.25, 0.3) is 5.91 Å². The molecule has 0 aromatic heterocycles. The molecule has 2 N–H and O–H groups in total. The average Bonchev–Trinajstić information content (AvgIpc) is 2.64. The van der Waals surface area contributed by atoms with Gasteiger partial charge in [-0.15, -0.1) is 0 Å². The number of amides is 2. The molecule has 24 heavy (non-hydrogen) atoms. The molecule has 0 saturated heterocycles. The molecular formula is C18H18N2O4. The van der Waals surface area contributed by atoms with Crippen LogP contribution in [-0.2, 0) is 16.1 Å². The van der Waals surface area contributed by atoms with Gasteiger partial charge in [0.1, 0.15) is 12.4 Å². The molecule has 6 heteroatoms. The van der Waals surface area contributed by atoms with Crippen molar-refractivity contribution in [1.82, 2.24) is 10.9 Å². The highest BCUT2D eigenvalue weighted by atomic mass is 16.6. The van der Waals surface area contributed by atoms with Crippen molar-refractivity contribution >= 4 is 18.1 Å². The first-order chi connectivity index (χ1) is 11.7. The maximum atomic E-state index is 11.6. The van der Waals surface area contributed by atoms with Crippen LogP contribution in [0.3, 0.4) is 0 Å². The zero-order chi connectivity index (χ0) is 17.2. The lowest BCUT2D eigenvalue weighted by atomic mass is 10.2. The van der Waals surface area contributed by atoms with Gasteiger partial charge in [0.15, 0.2) is 0 Å². The minimum absolute atomic E-state index is 0.0888. The molecular weight excluding hydrogens is 308 g/mol. The molecule has 6 nitrogen and oxygen atoms in total. The van der Waals surface area contributed by atoms with Gasteiger partial charge < -0.3 is 9.47 Å². The SMILES string of the molecule is COc1ccc(COC(=O)NNC(=O)C=Cc2ccccc2)cc1. The molecule has 2 amide bonds. The molecule has 0 fully saturated rings. The molecule has 0 aliphatic carbocycles. The van der Waals surface area contributed by atoms with Gasteiger partial charge in [-0.3, -0.25) is 10.2 Å². The second-order valence-corrected chi connectivity index (χ2v) is 4.78. The molecule has 0 spiro atoms. The Kier molecular flexibility index (Phi) is 6.40. The van der Waals surface area contributed by atoms with E-state index in [2.05, 4.69) is 10.9 Å². The number of ether oxygens (including phenoxy) is 2. The van der Waals surface area contributed by atoms with E-state index in [1.165, 1.54) is 6.08 Å². The van der Waals surface area contributed by atoms with E-state index in [-0.39, 0.29) is 6.61 Å². The second kappa shape index (κ2) is 8.99. The van der Waals surface area contributed by atoms with Crippen LogP contribution in [0.15, 0.2) is 60.7 Å². The third-order valence-electron chi connectivity index (χ3n) is 3.04. The first-order valence-corrected chi connectivity index (χ1v) is 7.26. The number of hydrogen-bond acceptors (Lipinski definition) is 4. The Hall–Kier alpha value is -3.28. The second-order valence-electron chi connectivity index (χ2n) is 4.78. The zero-order valence-corrected chi connectivity index (χ0v) is 13.2. The summed E-state index contributed by atoms with van der Waals surface area (Å²) in [7, 11) is 1.58. The third kappa shape index (κ3) is 5.84. The van der Waals surface area contributed by atoms with Gasteiger partial charge in [0.2, 0.25) is 0 Å². The average molecular weight is 326 g/mol. The van der Waals surface area contributed by atoms with Crippen molar-refractivity contribution < 1.29 is 19.1 Å². The van der Waals surface area contributed by atoms with Crippen molar-refractivity contribution in [3.8, 4) is 5.75 Å². The van der Waals surface area contributed by atoms with E-state index >= 15 is 0 Å². The van der Waals surface area contributed by atoms with E-state index in [0.29, 0.717) is 0 Å². The summed E-state index contributed by atoms with van der Waals surface area (Å²) in [5.41, 5.74) is 6.10. The Balaban J connectivity index is 1.70. The quantitative estimate of drug-likeness (QED) is 0.654. The summed E-state index contributed by atoms with van der Waals surface area (Å²) in [6.07, 6.45) is 2.21. The summed E-state index contributed by atoms with van der Waals surface area (Å²) >= 11 is 0. The number of hydrogen-bond donors (Lipinski definition) is 2. The third-order valence-corrected chi connectivity index (χ3v) is 3.04. The molecule has 0 unspecified atom stereocenters. The maximum Gasteiger partial charge on any atom is 0.426 e. The Morgan fingerprint density at radius 1 is 1.00 bits per heavy atom. The van der Waals surface area contributed by atoms with Crippen LogP contribution in [0.2, 0.25) is 0 Å². The topological polar surface area (TPSA) is 76.7 Å². The van der Waals surface area contributed by atoms with Gasteiger partial charge in [-0.2, -0.15) is 0 Å². The van der Waals surface area contributed by atoms with Crippen LogP contribution in [-0.4, -0.2) is 19.1 Å². The van der Waals surface area contributed by atoms with Crippen molar-refractivity contribution in [2.24, 2.45) is 0 Å². The number of benzene rings is 2. The number of carbonyl (C=O) groups excluding carboxylic acids is 2. The van der Waals surface area contributed by atoms with Gasteiger partial charge in [-0.05, 0) is 29.3 Å². The Labute approximate surface area is 140 Å². The number of nitrogens with one attached hydrogen (secondary N) is 2. The van der Waals surface area contributed by atoms with E-state index in [1.807, 2.05) is 30.3 Å². The summed E-state index contributed by atoms with van der Waals surface area (Å²) in [6.45, 7) is 0.0888. The Morgan fingerprint density at radius 2 is 1.71 bits per heavy atom. The van der Waals surface area contributed by atoms with Gasteiger partial charge in [-0.25, -0.2) is 10.2 Å². The van der Waals surface area contributed by atoms with Crippen LogP contribution >= 0.6 is 0 Å². The highest BCUT2D eigenvalue weighted by molar-refractivity contribution is 5.92. The molecule has 0 aliphatic rings. The smallest absolute Gasteiger partial charge is 0.426 e. The maximum absolute atomic E-state index is 11.6. The summed E-state index contributed by atoms with van der Waals surface area (Å²) < 4.78 is 10.0. The lowest BCUT2D eigenvalue weighted by Gasteiger charge is -2.07. The Morgan fingerprint density at radius 3 is 2.38 bits per heavy atom. The van der Waals surface area contributed by atoms with Crippen LogP contribution in [0.25, 0.3) is 6.08 Å². The highest BCUT2D eigenvalue weighted by Gasteiger charge is 2.04. The monoisotopic (exact) mass is 326 g/mol. The predicted molar refractivity (Wildman–Crippen MR) is 89.9 cm³/mol. The molecule has 124 valence electrons. The van der Waals surface area contributed by atoms with E-state index in [0.717, 1.165) is 16.9 Å². The molecule has 0 heterocycles. The van der Waals surface area contributed by atoms with Crippen LogP contribution in [0.1, 0.15) is 11.1 Å². The van der Waals surface area contributed by atoms with Crippen molar-refractivity contribution in [2.75, 3.05) is 7.11 Å². The van der Waals surface area contributed by atoms with Gasteiger partial charge in [-0.1, -0.05) is 42.5 Å². The lowest BCUT2D eigenvalue weighted by Crippen LogP contribution is -2.41. The molecule has 0 saturated carbocycles. The molecule has 2 aromatic rings. The van der Waals surface area contributed by atoms with Crippen LogP contribution in [0, 0.1) is 0 Å². The minimum Gasteiger partial charge on any atom is -0.497 e. The van der Waals surface area contributed by atoms with Crippen LogP contribution in [0.5, 0.6) is 5.75 Å². The normalized spacial score (nSPS) is 10.2. The zero-order valence-electron chi connectivity index (χ0n) is 13.2. The van der Waals surface area contributed by atoms with Crippen molar-refractivity contribution in [2.45, 2.75) is 6.61 Å². The fourth-order valence-corrected chi connectivity index (χ4v) is 1.80. The first kappa shape index (κ1) is 17.1. The van der Waals surface area contributed by atoms with E-state index in [9.17, 15) is 9.59 Å². The van der Waals surface area contributed by atoms with Crippen molar-refractivity contribution in [3.63, 3.8) is 0 Å². The summed E-state index contributed by atoms with van der Waals surface area (Å²) in [5, 5.41) is 0. The predicted octanol–water partition coefficient (Wildman–Crippen LogP) is 2.67. The number of rotatable bonds is 5. The number of carbonyl (C=O) groups is 2. The molecule has 0 atom stereocenters. The van der Waals surface area contributed by atoms with Crippen LogP contribution in [0.4, 0.5) is 4.79 Å². The summed E-state index contributed by atoms with van der Waals surface area (Å²) in [5.74, 6) is 0.265. The standard InChI is InChI=1S/C18H18N2O4/c1-23-16-10-7-15(8-11-16)13-24-18(22)20-19-17(21)12-9-14-5-3-2-4-6-14/h2-12H,13H2,1H3,(H,19,21)(H,20,22). The van der Waals surface area contributed by atoms with Gasteiger partial charge in [0.05, 0.1) is 7.11 Å². The van der Waals surface area contributed by atoms with Crippen LogP contribution < -0.4 is 15.6 Å². The first-order valence-electron chi connectivity index (χ1n) is 7.26. The Bertz CT molecular complexity index is 697. The summed E-state index contributed by atoms with van der Waals surface area (Å²) in [4.78, 5) is 23.1. The van der Waals surface area contributed by atoms with E-state index < -0.39 is 12.0 Å². The van der Waals surface area contributed by atoms with Crippen molar-refractivity contribution in [3.05, 3.63) is 71.8 Å². The highest BCUT2D eigenvalue weighted by Crippen LogP contribution is 2.11. The number of methoxy groups -OCH3 is 1. The van der Waals surface area contributed by atoms with E-state index in [1.54, 1.807) is 37.5 Å². The molecule has 2 aromatic carbocycles. The molecule has 0 aliphatic heterocycles. The molecule has 0 bridgehead atoms. The van der Waals surface area contributed by atoms with Crippen molar-refractivity contribution in [1.29, 1.82) is 0 Å².